The first-order chi connectivity index (χ1) is 17.7. The molecule has 36 heavy (non-hydrogen) atoms. The van der Waals surface area contributed by atoms with Crippen LogP contribution in [0.5, 0.6) is 5.75 Å². The average Bonchev–Trinajstić information content (AvgIpc) is 2.94. The number of aromatic nitrogens is 3. The summed E-state index contributed by atoms with van der Waals surface area (Å²) in [6.45, 7) is 5.84. The molecule has 0 aliphatic carbocycles. The second-order valence-electron chi connectivity index (χ2n) is 8.31. The number of morpholine rings is 2. The zero-order chi connectivity index (χ0) is 24.6. The first-order valence-electron chi connectivity index (χ1n) is 11.9. The number of nitrogens with zero attached hydrogens (tertiary/aromatic N) is 6. The van der Waals surface area contributed by atoms with Crippen LogP contribution in [-0.2, 0) is 16.1 Å². The summed E-state index contributed by atoms with van der Waals surface area (Å²) < 4.78 is 29.7. The van der Waals surface area contributed by atoms with Crippen LogP contribution in [0, 0.1) is 5.82 Å². The third-order valence-electron chi connectivity index (χ3n) is 5.78. The van der Waals surface area contributed by atoms with Gasteiger partial charge < -0.3 is 24.0 Å². The Morgan fingerprint density at radius 1 is 0.833 bits per heavy atom. The molecule has 10 nitrogen and oxygen atoms in total. The fourth-order valence-electron chi connectivity index (χ4n) is 3.78. The molecule has 0 spiro atoms. The number of hydrazone groups is 1. The van der Waals surface area contributed by atoms with Gasteiger partial charge >= 0.3 is 0 Å². The Hall–Kier alpha value is -3.83. The molecule has 2 fully saturated rings. The van der Waals surface area contributed by atoms with Crippen LogP contribution in [0.1, 0.15) is 11.1 Å². The summed E-state index contributed by atoms with van der Waals surface area (Å²) in [5.74, 6) is 2.05. The third kappa shape index (κ3) is 6.43. The maximum atomic E-state index is 13.0. The predicted octanol–water partition coefficient (Wildman–Crippen LogP) is 2.71. The van der Waals surface area contributed by atoms with Gasteiger partial charge in [-0.05, 0) is 47.5 Å². The average molecular weight is 494 g/mol. The molecule has 188 valence electrons. The van der Waals surface area contributed by atoms with Crippen LogP contribution in [0.3, 0.4) is 0 Å². The molecular weight excluding hydrogens is 465 g/mol. The van der Waals surface area contributed by atoms with Gasteiger partial charge in [0.05, 0.1) is 32.6 Å². The topological polar surface area (TPSA) is 97.2 Å². The molecule has 0 saturated carbocycles. The summed E-state index contributed by atoms with van der Waals surface area (Å²) >= 11 is 0. The lowest BCUT2D eigenvalue weighted by atomic mass is 10.2. The maximum Gasteiger partial charge on any atom is 0.250 e. The second kappa shape index (κ2) is 11.7. The first-order valence-corrected chi connectivity index (χ1v) is 11.9. The molecule has 0 atom stereocenters. The van der Waals surface area contributed by atoms with Crippen LogP contribution in [0.25, 0.3) is 0 Å². The van der Waals surface area contributed by atoms with Crippen molar-refractivity contribution < 1.29 is 18.6 Å². The molecule has 3 heterocycles. The minimum Gasteiger partial charge on any atom is -0.489 e. The van der Waals surface area contributed by atoms with Gasteiger partial charge in [-0.15, -0.1) is 0 Å². The summed E-state index contributed by atoms with van der Waals surface area (Å²) in [5, 5.41) is 4.33. The van der Waals surface area contributed by atoms with E-state index in [0.717, 1.165) is 37.3 Å². The molecule has 0 amide bonds. The highest BCUT2D eigenvalue weighted by atomic mass is 19.1. The largest absolute Gasteiger partial charge is 0.489 e. The van der Waals surface area contributed by atoms with Crippen LogP contribution in [-0.4, -0.2) is 73.8 Å². The Balaban J connectivity index is 1.23. The molecule has 2 saturated heterocycles. The Kier molecular flexibility index (Phi) is 7.79. The minimum atomic E-state index is -0.261. The molecule has 3 aromatic rings. The normalized spacial score (nSPS) is 16.4. The number of rotatable bonds is 8. The van der Waals surface area contributed by atoms with Gasteiger partial charge in [0.2, 0.25) is 17.8 Å². The predicted molar refractivity (Wildman–Crippen MR) is 134 cm³/mol. The smallest absolute Gasteiger partial charge is 0.250 e. The van der Waals surface area contributed by atoms with Crippen LogP contribution in [0.4, 0.5) is 22.2 Å². The number of ether oxygens (including phenoxy) is 3. The summed E-state index contributed by atoms with van der Waals surface area (Å²) in [6, 6.07) is 13.8. The van der Waals surface area contributed by atoms with Crippen molar-refractivity contribution in [1.29, 1.82) is 0 Å². The minimum absolute atomic E-state index is 0.261. The van der Waals surface area contributed by atoms with Crippen LogP contribution in [0.15, 0.2) is 53.6 Å². The number of hydrogen-bond donors (Lipinski definition) is 1. The highest BCUT2D eigenvalue weighted by Gasteiger charge is 2.20. The van der Waals surface area contributed by atoms with Crippen molar-refractivity contribution in [3.63, 3.8) is 0 Å². The Labute approximate surface area is 208 Å². The van der Waals surface area contributed by atoms with Gasteiger partial charge in [0.25, 0.3) is 0 Å². The number of benzene rings is 2. The summed E-state index contributed by atoms with van der Waals surface area (Å²) in [4.78, 5) is 18.0. The van der Waals surface area contributed by atoms with E-state index in [1.54, 1.807) is 18.3 Å². The highest BCUT2D eigenvalue weighted by Crippen LogP contribution is 2.19. The third-order valence-corrected chi connectivity index (χ3v) is 5.78. The highest BCUT2D eigenvalue weighted by molar-refractivity contribution is 5.80. The summed E-state index contributed by atoms with van der Waals surface area (Å²) in [5.41, 5.74) is 4.73. The molecule has 2 aliphatic rings. The van der Waals surface area contributed by atoms with Gasteiger partial charge in [-0.1, -0.05) is 12.1 Å². The van der Waals surface area contributed by atoms with Crippen LogP contribution < -0.4 is 20.0 Å². The fourth-order valence-corrected chi connectivity index (χ4v) is 3.78. The van der Waals surface area contributed by atoms with Crippen molar-refractivity contribution in [3.8, 4) is 5.75 Å². The molecule has 0 radical (unpaired) electrons. The van der Waals surface area contributed by atoms with Crippen molar-refractivity contribution in [1.82, 2.24) is 15.0 Å². The molecule has 5 rings (SSSR count). The van der Waals surface area contributed by atoms with E-state index in [9.17, 15) is 4.39 Å². The lowest BCUT2D eigenvalue weighted by molar-refractivity contribution is 0.121. The standard InChI is InChI=1S/C25H28FN7O3/c26-21-5-1-20(2-6-21)18-36-22-7-3-19(4-8-22)17-27-31-23-28-24(32-9-13-34-14-10-32)30-25(29-23)33-11-15-35-16-12-33/h1-8,17H,9-16,18H2,(H,28,29,30,31)/b27-17+. The fraction of sp³-hybridized carbons (Fsp3) is 0.360. The van der Waals surface area contributed by atoms with E-state index >= 15 is 0 Å². The van der Waals surface area contributed by atoms with Gasteiger partial charge in [0.15, 0.2) is 0 Å². The monoisotopic (exact) mass is 493 g/mol. The Morgan fingerprint density at radius 3 is 2.00 bits per heavy atom. The maximum absolute atomic E-state index is 13.0. The van der Waals surface area contributed by atoms with E-state index in [1.807, 2.05) is 24.3 Å². The van der Waals surface area contributed by atoms with E-state index < -0.39 is 0 Å². The van der Waals surface area contributed by atoms with Crippen LogP contribution >= 0.6 is 0 Å². The molecule has 0 unspecified atom stereocenters. The molecular formula is C25H28FN7O3. The lowest BCUT2D eigenvalue weighted by Crippen LogP contribution is -2.40. The number of nitrogens with one attached hydrogen (secondary N) is 1. The molecule has 2 aromatic carbocycles. The van der Waals surface area contributed by atoms with E-state index in [-0.39, 0.29) is 5.82 Å². The van der Waals surface area contributed by atoms with E-state index in [0.29, 0.717) is 56.6 Å². The van der Waals surface area contributed by atoms with Gasteiger partial charge in [-0.2, -0.15) is 20.1 Å². The molecule has 11 heteroatoms. The first kappa shape index (κ1) is 23.9. The van der Waals surface area contributed by atoms with Crippen molar-refractivity contribution in [2.24, 2.45) is 5.10 Å². The zero-order valence-electron chi connectivity index (χ0n) is 19.8. The molecule has 0 bridgehead atoms. The van der Waals surface area contributed by atoms with Gasteiger partial charge in [0.1, 0.15) is 18.2 Å². The lowest BCUT2D eigenvalue weighted by Gasteiger charge is -2.30. The van der Waals surface area contributed by atoms with E-state index in [4.69, 9.17) is 19.2 Å². The van der Waals surface area contributed by atoms with Crippen molar-refractivity contribution in [2.75, 3.05) is 67.8 Å². The molecule has 2 aliphatic heterocycles. The van der Waals surface area contributed by atoms with Crippen molar-refractivity contribution >= 4 is 24.1 Å². The van der Waals surface area contributed by atoms with E-state index in [2.05, 4.69) is 30.3 Å². The number of halogens is 1. The second-order valence-corrected chi connectivity index (χ2v) is 8.31. The summed E-state index contributed by atoms with van der Waals surface area (Å²) in [7, 11) is 0. The molecule has 1 aromatic heterocycles. The SMILES string of the molecule is Fc1ccc(COc2ccc(/C=N/Nc3nc(N4CCOCC4)nc(N4CCOCC4)n3)cc2)cc1. The van der Waals surface area contributed by atoms with Gasteiger partial charge in [-0.25, -0.2) is 9.82 Å². The summed E-state index contributed by atoms with van der Waals surface area (Å²) in [6.07, 6.45) is 1.69. The molecule has 1 N–H and O–H groups in total. The number of anilines is 3. The van der Waals surface area contributed by atoms with Crippen molar-refractivity contribution in [2.45, 2.75) is 6.61 Å². The van der Waals surface area contributed by atoms with Gasteiger partial charge in [-0.3, -0.25) is 0 Å². The van der Waals surface area contributed by atoms with Crippen LogP contribution in [0.2, 0.25) is 0 Å². The van der Waals surface area contributed by atoms with Crippen molar-refractivity contribution in [3.05, 3.63) is 65.5 Å². The zero-order valence-corrected chi connectivity index (χ0v) is 19.8. The van der Waals surface area contributed by atoms with Gasteiger partial charge in [0, 0.05) is 26.2 Å². The number of hydrogen-bond acceptors (Lipinski definition) is 10. The Bertz CT molecular complexity index is 1110. The quantitative estimate of drug-likeness (QED) is 0.375. The van der Waals surface area contributed by atoms with E-state index in [1.165, 1.54) is 12.1 Å². The Morgan fingerprint density at radius 2 is 1.42 bits per heavy atom.